The van der Waals surface area contributed by atoms with Gasteiger partial charge < -0.3 is 10.3 Å². The number of aromatic amines is 1. The third kappa shape index (κ3) is 4.37. The van der Waals surface area contributed by atoms with Gasteiger partial charge in [-0.3, -0.25) is 9.59 Å². The largest absolute Gasteiger partial charge is 0.349 e. The monoisotopic (exact) mass is 337 g/mol. The number of hydrogen-bond donors (Lipinski definition) is 2. The molecule has 1 aromatic heterocycles. The summed E-state index contributed by atoms with van der Waals surface area (Å²) in [6.07, 6.45) is 3.09. The van der Waals surface area contributed by atoms with Crippen molar-refractivity contribution >= 4 is 17.7 Å². The number of carbonyl (C=O) groups excluding carboxylic acids is 1. The number of aromatic nitrogens is 2. The van der Waals surface area contributed by atoms with Crippen LogP contribution in [-0.2, 0) is 5.41 Å². The van der Waals surface area contributed by atoms with E-state index in [2.05, 4.69) is 22.2 Å². The number of rotatable bonds is 4. The second-order valence-corrected chi connectivity index (χ2v) is 8.76. The van der Waals surface area contributed by atoms with Crippen molar-refractivity contribution in [1.82, 2.24) is 15.3 Å². The molecule has 0 saturated heterocycles. The van der Waals surface area contributed by atoms with Gasteiger partial charge in [-0.05, 0) is 31.9 Å². The maximum absolute atomic E-state index is 12.5. The van der Waals surface area contributed by atoms with Gasteiger partial charge in [0.15, 0.2) is 0 Å². The van der Waals surface area contributed by atoms with Gasteiger partial charge in [-0.25, -0.2) is 4.98 Å². The number of carbonyl (C=O) groups is 1. The first-order valence-corrected chi connectivity index (χ1v) is 9.31. The molecule has 2 N–H and O–H groups in total. The minimum absolute atomic E-state index is 0.143. The molecule has 1 fully saturated rings. The Morgan fingerprint density at radius 1 is 1.39 bits per heavy atom. The van der Waals surface area contributed by atoms with E-state index in [1.807, 2.05) is 32.5 Å². The Labute approximate surface area is 142 Å². The Hall–Kier alpha value is -1.30. The molecule has 6 heteroatoms. The van der Waals surface area contributed by atoms with Gasteiger partial charge in [0.1, 0.15) is 11.4 Å². The molecule has 2 atom stereocenters. The molecule has 1 aliphatic carbocycles. The van der Waals surface area contributed by atoms with Crippen molar-refractivity contribution in [2.75, 3.05) is 5.75 Å². The van der Waals surface area contributed by atoms with Gasteiger partial charge in [-0.1, -0.05) is 27.7 Å². The van der Waals surface area contributed by atoms with E-state index in [9.17, 15) is 9.59 Å². The third-order valence-corrected chi connectivity index (χ3v) is 5.39. The predicted molar refractivity (Wildman–Crippen MR) is 95.3 cm³/mol. The molecule has 0 bridgehead atoms. The average Bonchev–Trinajstić information content (AvgIpc) is 2.84. The first kappa shape index (κ1) is 18.0. The van der Waals surface area contributed by atoms with Crippen LogP contribution in [0, 0.1) is 6.92 Å². The number of H-pyrrole nitrogens is 1. The molecular weight excluding hydrogens is 310 g/mol. The molecule has 1 aliphatic rings. The fourth-order valence-corrected chi connectivity index (χ4v) is 4.07. The summed E-state index contributed by atoms with van der Waals surface area (Å²) in [5, 5.41) is 3.63. The minimum atomic E-state index is -0.350. The summed E-state index contributed by atoms with van der Waals surface area (Å²) in [4.78, 5) is 32.0. The van der Waals surface area contributed by atoms with E-state index in [0.717, 1.165) is 25.0 Å². The number of nitrogens with one attached hydrogen (secondary N) is 2. The van der Waals surface area contributed by atoms with Crippen LogP contribution in [0.1, 0.15) is 68.8 Å². The van der Waals surface area contributed by atoms with Crippen LogP contribution in [0.3, 0.4) is 0 Å². The summed E-state index contributed by atoms with van der Waals surface area (Å²) >= 11 is 1.94. The smallest absolute Gasteiger partial charge is 0.264 e. The maximum atomic E-state index is 12.5. The normalized spacial score (nSPS) is 21.4. The van der Waals surface area contributed by atoms with Crippen LogP contribution in [0.5, 0.6) is 0 Å². The number of amides is 1. The highest BCUT2D eigenvalue weighted by Gasteiger charge is 2.28. The summed E-state index contributed by atoms with van der Waals surface area (Å²) in [6.45, 7) is 9.82. The molecule has 128 valence electrons. The Morgan fingerprint density at radius 2 is 2.09 bits per heavy atom. The molecule has 1 amide bonds. The van der Waals surface area contributed by atoms with Crippen molar-refractivity contribution in [3.05, 3.63) is 27.4 Å². The van der Waals surface area contributed by atoms with Gasteiger partial charge in [0.25, 0.3) is 11.5 Å². The van der Waals surface area contributed by atoms with Crippen molar-refractivity contribution in [3.8, 4) is 0 Å². The first-order chi connectivity index (χ1) is 10.7. The third-order valence-electron chi connectivity index (χ3n) is 4.16. The van der Waals surface area contributed by atoms with Crippen molar-refractivity contribution < 1.29 is 4.79 Å². The Morgan fingerprint density at radius 3 is 2.65 bits per heavy atom. The molecule has 1 aromatic rings. The van der Waals surface area contributed by atoms with E-state index in [4.69, 9.17) is 0 Å². The highest BCUT2D eigenvalue weighted by Crippen LogP contribution is 2.29. The van der Waals surface area contributed by atoms with E-state index in [1.165, 1.54) is 0 Å². The lowest BCUT2D eigenvalue weighted by molar-refractivity contribution is 0.0935. The Balaban J connectivity index is 2.13. The molecule has 1 saturated carbocycles. The molecular formula is C17H27N3O2S. The van der Waals surface area contributed by atoms with Crippen molar-refractivity contribution in [1.29, 1.82) is 0 Å². The summed E-state index contributed by atoms with van der Waals surface area (Å²) in [7, 11) is 0. The fourth-order valence-electron chi connectivity index (χ4n) is 2.92. The van der Waals surface area contributed by atoms with E-state index in [1.54, 1.807) is 6.92 Å². The van der Waals surface area contributed by atoms with Gasteiger partial charge in [0.2, 0.25) is 0 Å². The topological polar surface area (TPSA) is 74.8 Å². The van der Waals surface area contributed by atoms with Gasteiger partial charge >= 0.3 is 0 Å². The number of aryl methyl sites for hydroxylation is 1. The molecule has 0 aliphatic heterocycles. The SMILES string of the molecule is CCS[C@H]1CC[C@H](NC(=O)c2c(C)nc(C(C)(C)C)[nH]c2=O)C1. The summed E-state index contributed by atoms with van der Waals surface area (Å²) in [6, 6.07) is 0.160. The van der Waals surface area contributed by atoms with Gasteiger partial charge in [-0.15, -0.1) is 0 Å². The molecule has 23 heavy (non-hydrogen) atoms. The summed E-state index contributed by atoms with van der Waals surface area (Å²) in [5.41, 5.74) is 0.0327. The van der Waals surface area contributed by atoms with Crippen LogP contribution in [0.15, 0.2) is 4.79 Å². The van der Waals surface area contributed by atoms with Crippen LogP contribution in [0.25, 0.3) is 0 Å². The highest BCUT2D eigenvalue weighted by molar-refractivity contribution is 7.99. The van der Waals surface area contributed by atoms with E-state index in [0.29, 0.717) is 16.8 Å². The van der Waals surface area contributed by atoms with E-state index in [-0.39, 0.29) is 28.5 Å². The average molecular weight is 337 g/mol. The quantitative estimate of drug-likeness (QED) is 0.886. The summed E-state index contributed by atoms with van der Waals surface area (Å²) < 4.78 is 0. The van der Waals surface area contributed by atoms with Gasteiger partial charge in [0.05, 0.1) is 5.69 Å². The Kier molecular flexibility index (Phi) is 5.55. The predicted octanol–water partition coefficient (Wildman–Crippen LogP) is 2.78. The zero-order chi connectivity index (χ0) is 17.2. The lowest BCUT2D eigenvalue weighted by Crippen LogP contribution is -2.38. The standard InChI is InChI=1S/C17H27N3O2S/c1-6-23-12-8-7-11(9-12)19-14(21)13-10(2)18-16(17(3,4)5)20-15(13)22/h11-12H,6-9H2,1-5H3,(H,19,21)(H,18,20,22)/t11-,12-/m0/s1. The second-order valence-electron chi connectivity index (χ2n) is 7.19. The minimum Gasteiger partial charge on any atom is -0.349 e. The molecule has 0 unspecified atom stereocenters. The zero-order valence-corrected chi connectivity index (χ0v) is 15.5. The highest BCUT2D eigenvalue weighted by atomic mass is 32.2. The first-order valence-electron chi connectivity index (χ1n) is 8.26. The van der Waals surface area contributed by atoms with Crippen molar-refractivity contribution in [3.63, 3.8) is 0 Å². The van der Waals surface area contributed by atoms with Crippen molar-refractivity contribution in [2.24, 2.45) is 0 Å². The molecule has 0 spiro atoms. The lowest BCUT2D eigenvalue weighted by atomic mass is 9.95. The molecule has 0 radical (unpaired) electrons. The van der Waals surface area contributed by atoms with Crippen LogP contribution >= 0.6 is 11.8 Å². The van der Waals surface area contributed by atoms with E-state index < -0.39 is 0 Å². The lowest BCUT2D eigenvalue weighted by Gasteiger charge is -2.19. The maximum Gasteiger partial charge on any atom is 0.264 e. The molecule has 0 aromatic carbocycles. The van der Waals surface area contributed by atoms with E-state index >= 15 is 0 Å². The number of hydrogen-bond acceptors (Lipinski definition) is 4. The van der Waals surface area contributed by atoms with Crippen LogP contribution in [-0.4, -0.2) is 32.9 Å². The summed E-state index contributed by atoms with van der Waals surface area (Å²) in [5.74, 6) is 1.41. The molecule has 1 heterocycles. The number of nitrogens with zero attached hydrogens (tertiary/aromatic N) is 1. The van der Waals surface area contributed by atoms with Crippen LogP contribution in [0.4, 0.5) is 0 Å². The fraction of sp³-hybridized carbons (Fsp3) is 0.706. The Bertz CT molecular complexity index is 634. The zero-order valence-electron chi connectivity index (χ0n) is 14.7. The van der Waals surface area contributed by atoms with Crippen molar-refractivity contribution in [2.45, 2.75) is 70.6 Å². The number of thioether (sulfide) groups is 1. The molecule has 2 rings (SSSR count). The van der Waals surface area contributed by atoms with Crippen LogP contribution in [0.2, 0.25) is 0 Å². The van der Waals surface area contributed by atoms with Crippen LogP contribution < -0.4 is 10.9 Å². The van der Waals surface area contributed by atoms with Gasteiger partial charge in [0, 0.05) is 16.7 Å². The van der Waals surface area contributed by atoms with Gasteiger partial charge in [-0.2, -0.15) is 11.8 Å². The second kappa shape index (κ2) is 7.07. The molecule has 5 nitrogen and oxygen atoms in total.